The van der Waals surface area contributed by atoms with Crippen molar-refractivity contribution in [2.45, 2.75) is 37.8 Å². The van der Waals surface area contributed by atoms with Crippen molar-refractivity contribution in [1.82, 2.24) is 9.55 Å². The number of rotatable bonds is 5. The second-order valence-electron chi connectivity index (χ2n) is 8.06. The van der Waals surface area contributed by atoms with Crippen LogP contribution in [0.3, 0.4) is 0 Å². The topological polar surface area (TPSA) is 64.0 Å². The number of fused-ring (bicyclic) bond motifs is 3. The minimum Gasteiger partial charge on any atom is -0.325 e. The molecule has 0 radical (unpaired) electrons. The molecule has 1 aliphatic rings. The highest BCUT2D eigenvalue weighted by Crippen LogP contribution is 2.35. The molecule has 168 valence electrons. The summed E-state index contributed by atoms with van der Waals surface area (Å²) in [5.74, 6) is -0.0548. The number of amides is 1. The van der Waals surface area contributed by atoms with Crippen molar-refractivity contribution in [3.8, 4) is 5.69 Å². The van der Waals surface area contributed by atoms with Crippen LogP contribution in [0.4, 0.5) is 5.69 Å². The zero-order valence-corrected chi connectivity index (χ0v) is 20.4. The van der Waals surface area contributed by atoms with E-state index in [0.29, 0.717) is 15.9 Å². The van der Waals surface area contributed by atoms with E-state index < -0.39 is 0 Å². The van der Waals surface area contributed by atoms with E-state index in [1.165, 1.54) is 16.6 Å². The molecular formula is C25H22ClN3O2S2. The third kappa shape index (κ3) is 4.45. The van der Waals surface area contributed by atoms with Crippen molar-refractivity contribution in [3.05, 3.63) is 79.9 Å². The van der Waals surface area contributed by atoms with Crippen molar-refractivity contribution in [1.29, 1.82) is 0 Å². The van der Waals surface area contributed by atoms with Gasteiger partial charge in [-0.05, 0) is 68.0 Å². The normalized spacial score (nSPS) is 13.2. The predicted octanol–water partition coefficient (Wildman–Crippen LogP) is 6.02. The van der Waals surface area contributed by atoms with Crippen molar-refractivity contribution in [2.24, 2.45) is 0 Å². The summed E-state index contributed by atoms with van der Waals surface area (Å²) in [5, 5.41) is 4.74. The third-order valence-electron chi connectivity index (χ3n) is 5.76. The van der Waals surface area contributed by atoms with Gasteiger partial charge >= 0.3 is 0 Å². The maximum Gasteiger partial charge on any atom is 0.267 e. The zero-order chi connectivity index (χ0) is 22.9. The number of para-hydroxylation sites is 1. The number of hydrogen-bond acceptors (Lipinski definition) is 5. The summed E-state index contributed by atoms with van der Waals surface area (Å²) < 4.78 is 1.64. The maximum atomic E-state index is 13.7. The first-order valence-corrected chi connectivity index (χ1v) is 13.0. The number of carbonyl (C=O) groups is 1. The van der Waals surface area contributed by atoms with Crippen molar-refractivity contribution >= 4 is 56.5 Å². The Hall–Kier alpha value is -2.61. The molecule has 0 atom stereocenters. The van der Waals surface area contributed by atoms with E-state index >= 15 is 0 Å². The standard InChI is InChI=1S/C25H22ClN3O2S2/c1-15-11-12-16(13-19(15)26)27-21(30)14-32-25-28-23-22(18-9-5-6-10-20(18)33-23)24(31)29(25)17-7-3-2-4-8-17/h2-4,7-8,11-13H,5-6,9-10,14H2,1H3,(H,27,30). The monoisotopic (exact) mass is 495 g/mol. The SMILES string of the molecule is Cc1ccc(NC(=O)CSc2nc3sc4c(c3c(=O)n2-c2ccccc2)CCCC4)cc1Cl. The molecule has 2 aromatic carbocycles. The van der Waals surface area contributed by atoms with Gasteiger partial charge in [0.2, 0.25) is 5.91 Å². The van der Waals surface area contributed by atoms with Crippen molar-refractivity contribution < 1.29 is 4.79 Å². The first-order chi connectivity index (χ1) is 16.0. The summed E-state index contributed by atoms with van der Waals surface area (Å²) in [6.45, 7) is 1.91. The van der Waals surface area contributed by atoms with E-state index in [0.717, 1.165) is 52.7 Å². The van der Waals surface area contributed by atoms with Crippen LogP contribution in [0.1, 0.15) is 28.8 Å². The van der Waals surface area contributed by atoms with Gasteiger partial charge in [-0.15, -0.1) is 11.3 Å². The Morgan fingerprint density at radius 1 is 1.18 bits per heavy atom. The van der Waals surface area contributed by atoms with Crippen molar-refractivity contribution in [2.75, 3.05) is 11.1 Å². The van der Waals surface area contributed by atoms with Crippen LogP contribution >= 0.6 is 34.7 Å². The second-order valence-corrected chi connectivity index (χ2v) is 10.5. The van der Waals surface area contributed by atoms with E-state index in [1.54, 1.807) is 22.0 Å². The predicted molar refractivity (Wildman–Crippen MR) is 137 cm³/mol. The van der Waals surface area contributed by atoms with Crippen LogP contribution in [0, 0.1) is 6.92 Å². The smallest absolute Gasteiger partial charge is 0.267 e. The lowest BCUT2D eigenvalue weighted by molar-refractivity contribution is -0.113. The molecule has 0 saturated carbocycles. The third-order valence-corrected chi connectivity index (χ3v) is 8.29. The molecule has 0 spiro atoms. The Morgan fingerprint density at radius 3 is 2.76 bits per heavy atom. The van der Waals surface area contributed by atoms with Crippen LogP contribution in [0.5, 0.6) is 0 Å². The summed E-state index contributed by atoms with van der Waals surface area (Å²) in [7, 11) is 0. The van der Waals surface area contributed by atoms with Crippen LogP contribution in [-0.4, -0.2) is 21.2 Å². The number of anilines is 1. The molecule has 4 aromatic rings. The number of benzene rings is 2. The zero-order valence-electron chi connectivity index (χ0n) is 18.1. The molecular weight excluding hydrogens is 474 g/mol. The highest BCUT2D eigenvalue weighted by atomic mass is 35.5. The van der Waals surface area contributed by atoms with Gasteiger partial charge in [0, 0.05) is 15.6 Å². The van der Waals surface area contributed by atoms with Gasteiger partial charge in [-0.2, -0.15) is 0 Å². The Labute approximate surface area is 204 Å². The Kier molecular flexibility index (Phi) is 6.27. The average molecular weight is 496 g/mol. The molecule has 0 unspecified atom stereocenters. The van der Waals surface area contributed by atoms with Crippen LogP contribution in [0.25, 0.3) is 15.9 Å². The number of nitrogens with one attached hydrogen (secondary N) is 1. The summed E-state index contributed by atoms with van der Waals surface area (Å²) in [4.78, 5) is 33.2. The minimum absolute atomic E-state index is 0.0566. The largest absolute Gasteiger partial charge is 0.325 e. The number of thiophene rings is 1. The summed E-state index contributed by atoms with van der Waals surface area (Å²) >= 11 is 9.06. The lowest BCUT2D eigenvalue weighted by atomic mass is 9.97. The van der Waals surface area contributed by atoms with E-state index in [4.69, 9.17) is 16.6 Å². The van der Waals surface area contributed by atoms with Gasteiger partial charge in [0.05, 0.1) is 16.8 Å². The van der Waals surface area contributed by atoms with E-state index in [1.807, 2.05) is 49.4 Å². The molecule has 8 heteroatoms. The van der Waals surface area contributed by atoms with Crippen LogP contribution in [0.15, 0.2) is 58.5 Å². The first-order valence-electron chi connectivity index (χ1n) is 10.8. The van der Waals surface area contributed by atoms with Gasteiger partial charge in [-0.3, -0.25) is 14.2 Å². The van der Waals surface area contributed by atoms with Gasteiger partial charge in [0.1, 0.15) is 4.83 Å². The molecule has 33 heavy (non-hydrogen) atoms. The molecule has 0 aliphatic heterocycles. The highest BCUT2D eigenvalue weighted by molar-refractivity contribution is 7.99. The molecule has 1 aliphatic carbocycles. The Bertz CT molecular complexity index is 1410. The first kappa shape index (κ1) is 22.2. The molecule has 1 amide bonds. The van der Waals surface area contributed by atoms with Gasteiger partial charge in [-0.1, -0.05) is 47.6 Å². The van der Waals surface area contributed by atoms with Gasteiger partial charge < -0.3 is 5.32 Å². The molecule has 2 aromatic heterocycles. The fraction of sp³-hybridized carbons (Fsp3) is 0.240. The van der Waals surface area contributed by atoms with E-state index in [-0.39, 0.29) is 17.2 Å². The van der Waals surface area contributed by atoms with Gasteiger partial charge in [0.15, 0.2) is 5.16 Å². The van der Waals surface area contributed by atoms with Gasteiger partial charge in [-0.25, -0.2) is 4.98 Å². The fourth-order valence-corrected chi connectivity index (χ4v) is 6.38. The molecule has 2 heterocycles. The minimum atomic E-state index is -0.181. The Morgan fingerprint density at radius 2 is 1.97 bits per heavy atom. The number of nitrogens with zero attached hydrogens (tertiary/aromatic N) is 2. The molecule has 0 bridgehead atoms. The summed E-state index contributed by atoms with van der Waals surface area (Å²) in [6.07, 6.45) is 4.18. The average Bonchev–Trinajstić information content (AvgIpc) is 3.19. The number of halogens is 1. The second kappa shape index (κ2) is 9.33. The quantitative estimate of drug-likeness (QED) is 0.271. The number of hydrogen-bond donors (Lipinski definition) is 1. The summed E-state index contributed by atoms with van der Waals surface area (Å²) in [5.41, 5.74) is 3.45. The molecule has 1 N–H and O–H groups in total. The lowest BCUT2D eigenvalue weighted by Crippen LogP contribution is -2.23. The number of carbonyl (C=O) groups excluding carboxylic acids is 1. The van der Waals surface area contributed by atoms with E-state index in [2.05, 4.69) is 5.32 Å². The number of thioether (sulfide) groups is 1. The van der Waals surface area contributed by atoms with Crippen LogP contribution in [-0.2, 0) is 17.6 Å². The number of aromatic nitrogens is 2. The molecule has 0 saturated heterocycles. The summed E-state index contributed by atoms with van der Waals surface area (Å²) in [6, 6.07) is 14.9. The lowest BCUT2D eigenvalue weighted by Gasteiger charge is -2.13. The van der Waals surface area contributed by atoms with Crippen LogP contribution < -0.4 is 10.9 Å². The fourth-order valence-electron chi connectivity index (χ4n) is 4.09. The molecule has 0 fully saturated rings. The molecule has 5 rings (SSSR count). The number of aryl methyl sites for hydroxylation is 3. The Balaban J connectivity index is 1.49. The van der Waals surface area contributed by atoms with E-state index in [9.17, 15) is 9.59 Å². The maximum absolute atomic E-state index is 13.7. The molecule has 5 nitrogen and oxygen atoms in total. The van der Waals surface area contributed by atoms with Gasteiger partial charge in [0.25, 0.3) is 5.56 Å². The highest BCUT2D eigenvalue weighted by Gasteiger charge is 2.23. The van der Waals surface area contributed by atoms with Crippen LogP contribution in [0.2, 0.25) is 5.02 Å². The van der Waals surface area contributed by atoms with Crippen molar-refractivity contribution in [3.63, 3.8) is 0 Å².